The molecule has 0 N–H and O–H groups in total. The van der Waals surface area contributed by atoms with Crippen molar-refractivity contribution in [3.05, 3.63) is 51.8 Å². The van der Waals surface area contributed by atoms with Crippen molar-refractivity contribution in [1.29, 1.82) is 0 Å². The average molecular weight is 305 g/mol. The molecule has 0 amide bonds. The van der Waals surface area contributed by atoms with Gasteiger partial charge in [0, 0.05) is 18.7 Å². The molecule has 0 atom stereocenters. The molecule has 0 aliphatic carbocycles. The van der Waals surface area contributed by atoms with Gasteiger partial charge in [-0.2, -0.15) is 5.10 Å². The van der Waals surface area contributed by atoms with Gasteiger partial charge in [-0.1, -0.05) is 29.3 Å². The Morgan fingerprint density at radius 2 is 2.05 bits per heavy atom. The number of rotatable bonds is 3. The molecular formula is C16H17ClN2O2. The van der Waals surface area contributed by atoms with Crippen LogP contribution >= 0.6 is 11.6 Å². The van der Waals surface area contributed by atoms with Crippen LogP contribution in [0.1, 0.15) is 22.4 Å². The van der Waals surface area contributed by atoms with Crippen LogP contribution in [0.3, 0.4) is 0 Å². The zero-order valence-corrected chi connectivity index (χ0v) is 13.2. The first kappa shape index (κ1) is 15.3. The van der Waals surface area contributed by atoms with Crippen LogP contribution in [0.25, 0.3) is 6.08 Å². The minimum absolute atomic E-state index is 0.443. The van der Waals surface area contributed by atoms with Crippen LogP contribution in [0, 0.1) is 20.8 Å². The molecule has 0 radical (unpaired) electrons. The van der Waals surface area contributed by atoms with Crippen molar-refractivity contribution in [2.45, 2.75) is 20.8 Å². The van der Waals surface area contributed by atoms with Crippen molar-refractivity contribution in [3.63, 3.8) is 0 Å². The number of carbonyl (C=O) groups is 1. The summed E-state index contributed by atoms with van der Waals surface area (Å²) in [7, 11) is 1.75. The molecule has 0 unspecified atom stereocenters. The van der Waals surface area contributed by atoms with Gasteiger partial charge in [0.15, 0.2) is 0 Å². The van der Waals surface area contributed by atoms with E-state index in [1.54, 1.807) is 23.9 Å². The van der Waals surface area contributed by atoms with Gasteiger partial charge >= 0.3 is 5.97 Å². The van der Waals surface area contributed by atoms with Gasteiger partial charge in [-0.25, -0.2) is 4.79 Å². The number of hydrogen-bond acceptors (Lipinski definition) is 3. The number of aryl methyl sites for hydroxylation is 4. The molecule has 110 valence electrons. The highest BCUT2D eigenvalue weighted by atomic mass is 35.5. The Morgan fingerprint density at radius 1 is 1.33 bits per heavy atom. The number of aromatic nitrogens is 2. The summed E-state index contributed by atoms with van der Waals surface area (Å²) in [5.41, 5.74) is 3.53. The van der Waals surface area contributed by atoms with E-state index < -0.39 is 5.97 Å². The Bertz CT molecular complexity index is 717. The zero-order valence-electron chi connectivity index (χ0n) is 12.5. The molecule has 0 spiro atoms. The fourth-order valence-electron chi connectivity index (χ4n) is 2.04. The van der Waals surface area contributed by atoms with E-state index in [-0.39, 0.29) is 0 Å². The monoisotopic (exact) mass is 304 g/mol. The van der Waals surface area contributed by atoms with E-state index in [2.05, 4.69) is 5.10 Å². The molecule has 0 aliphatic heterocycles. The molecule has 5 heteroatoms. The van der Waals surface area contributed by atoms with Crippen LogP contribution in [-0.4, -0.2) is 15.7 Å². The molecule has 0 saturated heterocycles. The first-order valence-electron chi connectivity index (χ1n) is 6.54. The van der Waals surface area contributed by atoms with Crippen molar-refractivity contribution in [2.75, 3.05) is 0 Å². The van der Waals surface area contributed by atoms with Crippen molar-refractivity contribution >= 4 is 23.6 Å². The van der Waals surface area contributed by atoms with Gasteiger partial charge in [0.05, 0.1) is 5.69 Å². The maximum atomic E-state index is 11.9. The van der Waals surface area contributed by atoms with Crippen LogP contribution in [0.4, 0.5) is 0 Å². The Balaban J connectivity index is 2.13. The van der Waals surface area contributed by atoms with Crippen LogP contribution in [-0.2, 0) is 11.8 Å². The van der Waals surface area contributed by atoms with E-state index in [1.165, 1.54) is 6.08 Å². The molecular weight excluding hydrogens is 288 g/mol. The van der Waals surface area contributed by atoms with Crippen LogP contribution in [0.2, 0.25) is 5.15 Å². The highest BCUT2D eigenvalue weighted by Gasteiger charge is 2.09. The second-order valence-corrected chi connectivity index (χ2v) is 5.29. The number of nitrogens with zero attached hydrogens (tertiary/aromatic N) is 2. The third-order valence-electron chi connectivity index (χ3n) is 3.12. The lowest BCUT2D eigenvalue weighted by atomic mass is 10.1. The van der Waals surface area contributed by atoms with Crippen LogP contribution in [0.15, 0.2) is 24.3 Å². The Labute approximate surface area is 129 Å². The Morgan fingerprint density at radius 3 is 2.62 bits per heavy atom. The number of benzene rings is 1. The maximum Gasteiger partial charge on any atom is 0.336 e. The molecule has 0 saturated carbocycles. The summed E-state index contributed by atoms with van der Waals surface area (Å²) < 4.78 is 6.87. The standard InChI is InChI=1S/C16H17ClN2O2/c1-10-5-7-14(11(2)9-10)21-15(20)8-6-13-12(3)18-19(4)16(13)17/h5-9H,1-4H3/b8-6+. The van der Waals surface area contributed by atoms with Gasteiger partial charge in [-0.05, 0) is 38.5 Å². The largest absolute Gasteiger partial charge is 0.423 e. The number of hydrogen-bond donors (Lipinski definition) is 0. The minimum Gasteiger partial charge on any atom is -0.423 e. The van der Waals surface area contributed by atoms with E-state index in [0.717, 1.165) is 22.4 Å². The predicted octanol–water partition coefficient (Wildman–Crippen LogP) is 3.62. The summed E-state index contributed by atoms with van der Waals surface area (Å²) in [6, 6.07) is 5.66. The quantitative estimate of drug-likeness (QED) is 0.494. The summed E-state index contributed by atoms with van der Waals surface area (Å²) in [6.45, 7) is 5.73. The van der Waals surface area contributed by atoms with Crippen LogP contribution in [0.5, 0.6) is 5.75 Å². The van der Waals surface area contributed by atoms with Gasteiger partial charge in [-0.15, -0.1) is 0 Å². The first-order valence-corrected chi connectivity index (χ1v) is 6.92. The number of esters is 1. The van der Waals surface area contributed by atoms with Crippen molar-refractivity contribution in [2.24, 2.45) is 7.05 Å². The summed E-state index contributed by atoms with van der Waals surface area (Å²) >= 11 is 6.10. The van der Waals surface area contributed by atoms with Gasteiger partial charge in [-0.3, -0.25) is 4.68 Å². The van der Waals surface area contributed by atoms with Gasteiger partial charge in [0.1, 0.15) is 10.9 Å². The summed E-state index contributed by atoms with van der Waals surface area (Å²) in [5.74, 6) is 0.116. The molecule has 21 heavy (non-hydrogen) atoms. The van der Waals surface area contributed by atoms with E-state index >= 15 is 0 Å². The summed E-state index contributed by atoms with van der Waals surface area (Å²) in [4.78, 5) is 11.9. The molecule has 1 aromatic heterocycles. The third-order valence-corrected chi connectivity index (χ3v) is 3.57. The first-order chi connectivity index (χ1) is 9.88. The lowest BCUT2D eigenvalue weighted by Crippen LogP contribution is -2.05. The van der Waals surface area contributed by atoms with Gasteiger partial charge in [0.2, 0.25) is 0 Å². The molecule has 0 aliphatic rings. The molecule has 0 fully saturated rings. The number of halogens is 1. The molecule has 2 aromatic rings. The fraction of sp³-hybridized carbons (Fsp3) is 0.250. The van der Waals surface area contributed by atoms with E-state index in [4.69, 9.17) is 16.3 Å². The smallest absolute Gasteiger partial charge is 0.336 e. The molecule has 1 heterocycles. The second kappa shape index (κ2) is 6.14. The van der Waals surface area contributed by atoms with Crippen molar-refractivity contribution in [1.82, 2.24) is 9.78 Å². The van der Waals surface area contributed by atoms with Gasteiger partial charge < -0.3 is 4.74 Å². The second-order valence-electron chi connectivity index (χ2n) is 4.94. The Kier molecular flexibility index (Phi) is 4.48. The summed E-state index contributed by atoms with van der Waals surface area (Å²) in [5, 5.41) is 4.67. The topological polar surface area (TPSA) is 44.1 Å². The highest BCUT2D eigenvalue weighted by molar-refractivity contribution is 6.31. The zero-order chi connectivity index (χ0) is 15.6. The predicted molar refractivity (Wildman–Crippen MR) is 83.5 cm³/mol. The average Bonchev–Trinajstić information content (AvgIpc) is 2.65. The number of ether oxygens (including phenoxy) is 1. The third kappa shape index (κ3) is 3.52. The molecule has 2 rings (SSSR count). The molecule has 4 nitrogen and oxygen atoms in total. The highest BCUT2D eigenvalue weighted by Crippen LogP contribution is 2.21. The lowest BCUT2D eigenvalue weighted by molar-refractivity contribution is -0.128. The Hall–Kier alpha value is -2.07. The van der Waals surface area contributed by atoms with Gasteiger partial charge in [0.25, 0.3) is 0 Å². The number of carbonyl (C=O) groups excluding carboxylic acids is 1. The molecule has 0 bridgehead atoms. The van der Waals surface area contributed by atoms with E-state index in [1.807, 2.05) is 32.9 Å². The van der Waals surface area contributed by atoms with Crippen LogP contribution < -0.4 is 4.74 Å². The summed E-state index contributed by atoms with van der Waals surface area (Å²) in [6.07, 6.45) is 2.98. The van der Waals surface area contributed by atoms with E-state index in [0.29, 0.717) is 10.9 Å². The SMILES string of the molecule is Cc1ccc(OC(=O)/C=C/c2c(C)nn(C)c2Cl)c(C)c1. The lowest BCUT2D eigenvalue weighted by Gasteiger charge is -2.05. The van der Waals surface area contributed by atoms with E-state index in [9.17, 15) is 4.79 Å². The maximum absolute atomic E-state index is 11.9. The normalized spacial score (nSPS) is 11.1. The minimum atomic E-state index is -0.443. The molecule has 1 aromatic carbocycles. The fourth-order valence-corrected chi connectivity index (χ4v) is 2.28. The van der Waals surface area contributed by atoms with Crippen molar-refractivity contribution in [3.8, 4) is 5.75 Å². The van der Waals surface area contributed by atoms with Crippen molar-refractivity contribution < 1.29 is 9.53 Å².